The van der Waals surface area contributed by atoms with E-state index in [1.54, 1.807) is 13.8 Å². The number of phosphoric ester groups is 2. The summed E-state index contributed by atoms with van der Waals surface area (Å²) in [4.78, 5) is 19.0. The van der Waals surface area contributed by atoms with Gasteiger partial charge in [-0.15, -0.1) is 0 Å². The van der Waals surface area contributed by atoms with Gasteiger partial charge in [-0.2, -0.15) is 0 Å². The number of phosphoric acid groups is 2. The first-order valence-corrected chi connectivity index (χ1v) is 10.2. The molecule has 2 unspecified atom stereocenters. The second kappa shape index (κ2) is 9.58. The average molecular weight is 378 g/mol. The Morgan fingerprint density at radius 1 is 1.22 bits per heavy atom. The molecule has 0 aromatic rings. The van der Waals surface area contributed by atoms with Gasteiger partial charge >= 0.3 is 15.6 Å². The zero-order valence-corrected chi connectivity index (χ0v) is 14.9. The molecule has 1 fully saturated rings. The molecule has 0 amide bonds. The SMILES string of the molecule is CC(C)OP(=O)(O)OC[C@H]1OCC[C@@H]1OP(=O)(O)OCCCO. The summed E-state index contributed by atoms with van der Waals surface area (Å²) in [6, 6.07) is 0. The number of ether oxygens (including phenoxy) is 1. The van der Waals surface area contributed by atoms with E-state index in [9.17, 15) is 18.9 Å². The lowest BCUT2D eigenvalue weighted by atomic mass is 10.2. The second-order valence-corrected chi connectivity index (χ2v) is 7.95. The minimum absolute atomic E-state index is 0.132. The summed E-state index contributed by atoms with van der Waals surface area (Å²) in [6.45, 7) is 2.77. The fourth-order valence-electron chi connectivity index (χ4n) is 1.82. The van der Waals surface area contributed by atoms with Crippen LogP contribution in [0.5, 0.6) is 0 Å². The van der Waals surface area contributed by atoms with Gasteiger partial charge in [-0.25, -0.2) is 9.13 Å². The van der Waals surface area contributed by atoms with E-state index in [0.717, 1.165) is 0 Å². The fraction of sp³-hybridized carbons (Fsp3) is 1.00. The van der Waals surface area contributed by atoms with Crippen molar-refractivity contribution in [3.05, 3.63) is 0 Å². The molecule has 23 heavy (non-hydrogen) atoms. The Kier molecular flexibility index (Phi) is 8.82. The van der Waals surface area contributed by atoms with E-state index in [1.165, 1.54) is 0 Å². The Hall–Kier alpha value is 0.140. The van der Waals surface area contributed by atoms with Crippen LogP contribution in [0.1, 0.15) is 26.7 Å². The van der Waals surface area contributed by atoms with Crippen LogP contribution in [0.15, 0.2) is 0 Å². The molecule has 0 radical (unpaired) electrons. The summed E-state index contributed by atoms with van der Waals surface area (Å²) in [6.07, 6.45) is -1.61. The molecule has 4 atom stereocenters. The van der Waals surface area contributed by atoms with E-state index < -0.39 is 34.0 Å². The minimum Gasteiger partial charge on any atom is -0.396 e. The summed E-state index contributed by atoms with van der Waals surface area (Å²) >= 11 is 0. The van der Waals surface area contributed by atoms with E-state index in [0.29, 0.717) is 6.42 Å². The Morgan fingerprint density at radius 2 is 1.91 bits per heavy atom. The summed E-state index contributed by atoms with van der Waals surface area (Å²) < 4.78 is 47.8. The van der Waals surface area contributed by atoms with Crippen LogP contribution in [0.4, 0.5) is 0 Å². The number of rotatable bonds is 11. The largest absolute Gasteiger partial charge is 0.472 e. The molecule has 0 bridgehead atoms. The van der Waals surface area contributed by atoms with Gasteiger partial charge in [-0.3, -0.25) is 18.1 Å². The standard InChI is InChI=1S/C11H24O10P2/c1-9(2)20-23(15,16)19-8-11-10(4-7-17-11)21-22(13,14)18-6-3-5-12/h9-12H,3-8H2,1-2H3,(H,13,14)(H,15,16)/t10-,11+/m0/s1. The maximum atomic E-state index is 11.7. The molecule has 1 aliphatic heterocycles. The maximum absolute atomic E-state index is 11.7. The lowest BCUT2D eigenvalue weighted by molar-refractivity contribution is -0.00538. The molecule has 1 rings (SSSR count). The number of aliphatic hydroxyl groups is 1. The molecule has 0 aromatic heterocycles. The smallest absolute Gasteiger partial charge is 0.396 e. The van der Waals surface area contributed by atoms with Gasteiger partial charge in [0.05, 0.1) is 19.3 Å². The van der Waals surface area contributed by atoms with E-state index in [-0.39, 0.29) is 32.8 Å². The molecule has 0 spiro atoms. The number of hydrogen-bond acceptors (Lipinski definition) is 8. The van der Waals surface area contributed by atoms with Gasteiger partial charge in [0, 0.05) is 19.6 Å². The molecule has 1 heterocycles. The molecule has 1 aliphatic rings. The van der Waals surface area contributed by atoms with Crippen LogP contribution in [0, 0.1) is 0 Å². The molecule has 3 N–H and O–H groups in total. The maximum Gasteiger partial charge on any atom is 0.472 e. The van der Waals surface area contributed by atoms with Gasteiger partial charge in [0.25, 0.3) is 0 Å². The van der Waals surface area contributed by atoms with Crippen molar-refractivity contribution in [3.63, 3.8) is 0 Å². The predicted octanol–water partition coefficient (Wildman–Crippen LogP) is 1.20. The zero-order chi connectivity index (χ0) is 17.5. The highest BCUT2D eigenvalue weighted by atomic mass is 31.2. The van der Waals surface area contributed by atoms with Gasteiger partial charge in [0.15, 0.2) is 0 Å². The number of aliphatic hydroxyl groups excluding tert-OH is 1. The molecule has 1 saturated heterocycles. The van der Waals surface area contributed by atoms with Crippen molar-refractivity contribution in [2.24, 2.45) is 0 Å². The van der Waals surface area contributed by atoms with Crippen LogP contribution in [0.25, 0.3) is 0 Å². The van der Waals surface area contributed by atoms with E-state index in [4.69, 9.17) is 23.4 Å². The number of hydrogen-bond donors (Lipinski definition) is 3. The zero-order valence-electron chi connectivity index (χ0n) is 13.1. The van der Waals surface area contributed by atoms with Crippen molar-refractivity contribution >= 4 is 15.6 Å². The normalized spacial score (nSPS) is 27.0. The third-order valence-electron chi connectivity index (χ3n) is 2.72. The monoisotopic (exact) mass is 378 g/mol. The van der Waals surface area contributed by atoms with Crippen LogP contribution in [-0.2, 0) is 32.0 Å². The van der Waals surface area contributed by atoms with Gasteiger partial charge < -0.3 is 19.6 Å². The lowest BCUT2D eigenvalue weighted by Gasteiger charge is -2.22. The Balaban J connectivity index is 2.47. The van der Waals surface area contributed by atoms with Crippen molar-refractivity contribution in [1.29, 1.82) is 0 Å². The van der Waals surface area contributed by atoms with Crippen LogP contribution < -0.4 is 0 Å². The molecule has 10 nitrogen and oxygen atoms in total. The predicted molar refractivity (Wildman–Crippen MR) is 78.7 cm³/mol. The highest BCUT2D eigenvalue weighted by molar-refractivity contribution is 7.47. The molecule has 0 saturated carbocycles. The third-order valence-corrected chi connectivity index (χ3v) is 4.93. The third kappa shape index (κ3) is 8.69. The quantitative estimate of drug-likeness (QED) is 0.355. The highest BCUT2D eigenvalue weighted by Gasteiger charge is 2.38. The van der Waals surface area contributed by atoms with Crippen molar-refractivity contribution in [2.75, 3.05) is 26.4 Å². The van der Waals surface area contributed by atoms with Gasteiger partial charge in [0.2, 0.25) is 0 Å². The molecule has 0 aromatic carbocycles. The van der Waals surface area contributed by atoms with E-state index >= 15 is 0 Å². The molecular formula is C11H24O10P2. The summed E-state index contributed by atoms with van der Waals surface area (Å²) in [5.74, 6) is 0. The first-order chi connectivity index (χ1) is 10.7. The fourth-order valence-corrected chi connectivity index (χ4v) is 3.75. The second-order valence-electron chi connectivity index (χ2n) is 5.14. The summed E-state index contributed by atoms with van der Waals surface area (Å²) in [5, 5.41) is 8.61. The van der Waals surface area contributed by atoms with E-state index in [2.05, 4.69) is 4.52 Å². The molecule has 12 heteroatoms. The van der Waals surface area contributed by atoms with Crippen LogP contribution >= 0.6 is 15.6 Å². The van der Waals surface area contributed by atoms with Crippen LogP contribution in [-0.4, -0.2) is 59.6 Å². The Morgan fingerprint density at radius 3 is 2.52 bits per heavy atom. The van der Waals surface area contributed by atoms with Crippen molar-refractivity contribution in [2.45, 2.75) is 45.0 Å². The van der Waals surface area contributed by atoms with Crippen molar-refractivity contribution in [1.82, 2.24) is 0 Å². The first kappa shape index (κ1) is 21.2. The highest BCUT2D eigenvalue weighted by Crippen LogP contribution is 2.48. The lowest BCUT2D eigenvalue weighted by Crippen LogP contribution is -2.28. The van der Waals surface area contributed by atoms with Crippen LogP contribution in [0.3, 0.4) is 0 Å². The summed E-state index contributed by atoms with van der Waals surface area (Å²) in [7, 11) is -8.53. The first-order valence-electron chi connectivity index (χ1n) is 7.19. The van der Waals surface area contributed by atoms with Crippen LogP contribution in [0.2, 0.25) is 0 Å². The van der Waals surface area contributed by atoms with Crippen molar-refractivity contribution < 1.29 is 46.9 Å². The van der Waals surface area contributed by atoms with E-state index in [1.807, 2.05) is 0 Å². The van der Waals surface area contributed by atoms with Gasteiger partial charge in [-0.1, -0.05) is 0 Å². The Bertz CT molecular complexity index is 443. The molecule has 0 aliphatic carbocycles. The Labute approximate surface area is 134 Å². The minimum atomic E-state index is -4.31. The van der Waals surface area contributed by atoms with Gasteiger partial charge in [-0.05, 0) is 20.3 Å². The topological polar surface area (TPSA) is 141 Å². The average Bonchev–Trinajstić information content (AvgIpc) is 2.81. The molecular weight excluding hydrogens is 354 g/mol. The summed E-state index contributed by atoms with van der Waals surface area (Å²) in [5.41, 5.74) is 0. The van der Waals surface area contributed by atoms with Gasteiger partial charge in [0.1, 0.15) is 12.2 Å². The molecule has 138 valence electrons. The van der Waals surface area contributed by atoms with Crippen molar-refractivity contribution in [3.8, 4) is 0 Å².